The van der Waals surface area contributed by atoms with E-state index in [9.17, 15) is 18.9 Å². The number of anilines is 2. The molecule has 2 heterocycles. The van der Waals surface area contributed by atoms with Crippen LogP contribution in [0.2, 0.25) is 5.02 Å². The molecule has 0 bridgehead atoms. The van der Waals surface area contributed by atoms with E-state index in [1.807, 2.05) is 0 Å². The van der Waals surface area contributed by atoms with Crippen molar-refractivity contribution in [3.63, 3.8) is 0 Å². The van der Waals surface area contributed by atoms with Gasteiger partial charge in [0.1, 0.15) is 6.54 Å². The van der Waals surface area contributed by atoms with Crippen molar-refractivity contribution in [3.8, 4) is 5.69 Å². The summed E-state index contributed by atoms with van der Waals surface area (Å²) in [5, 5.41) is 7.19. The van der Waals surface area contributed by atoms with Crippen LogP contribution in [-0.2, 0) is 11.3 Å². The first-order valence-electron chi connectivity index (χ1n) is 9.78. The van der Waals surface area contributed by atoms with Crippen molar-refractivity contribution in [1.82, 2.24) is 14.3 Å². The van der Waals surface area contributed by atoms with Crippen LogP contribution in [0.15, 0.2) is 90.0 Å². The van der Waals surface area contributed by atoms with E-state index in [0.29, 0.717) is 16.3 Å². The van der Waals surface area contributed by atoms with Gasteiger partial charge in [-0.3, -0.25) is 23.6 Å². The monoisotopic (exact) mass is 465 g/mol. The Hall–Kier alpha value is -4.24. The lowest BCUT2D eigenvalue weighted by Gasteiger charge is -2.13. The van der Waals surface area contributed by atoms with Crippen LogP contribution in [-0.4, -0.2) is 26.2 Å². The molecule has 0 atom stereocenters. The third kappa shape index (κ3) is 5.16. The third-order valence-corrected chi connectivity index (χ3v) is 4.93. The predicted molar refractivity (Wildman–Crippen MR) is 122 cm³/mol. The van der Waals surface area contributed by atoms with E-state index in [4.69, 9.17) is 11.6 Å². The number of amides is 2. The fraction of sp³-hybridized carbons (Fsp3) is 0.0435. The Morgan fingerprint density at radius 1 is 0.970 bits per heavy atom. The zero-order chi connectivity index (χ0) is 23.4. The van der Waals surface area contributed by atoms with E-state index in [1.54, 1.807) is 42.6 Å². The molecule has 2 amide bonds. The topological polar surface area (TPSA) is 89.2 Å². The summed E-state index contributed by atoms with van der Waals surface area (Å²) in [6.07, 6.45) is 3.05. The Balaban J connectivity index is 1.39. The molecule has 0 fully saturated rings. The molecule has 0 aliphatic rings. The number of rotatable bonds is 6. The second kappa shape index (κ2) is 9.49. The third-order valence-electron chi connectivity index (χ3n) is 4.68. The van der Waals surface area contributed by atoms with E-state index in [0.717, 1.165) is 0 Å². The summed E-state index contributed by atoms with van der Waals surface area (Å²) < 4.78 is 17.2. The van der Waals surface area contributed by atoms with Gasteiger partial charge in [0, 0.05) is 40.8 Å². The Labute approximate surface area is 192 Å². The number of hydrogen-bond acceptors (Lipinski definition) is 4. The average molecular weight is 466 g/mol. The van der Waals surface area contributed by atoms with Gasteiger partial charge in [0.25, 0.3) is 17.4 Å². The maximum absolute atomic E-state index is 14.6. The number of aromatic nitrogens is 3. The SMILES string of the molecule is O=C(Nc1ccn(CC(=O)N(F)c2ccc(-n3ccccc3=O)cc2)n1)c1ccc(Cl)cc1. The number of hydrogen-bond donors (Lipinski definition) is 1. The Morgan fingerprint density at radius 2 is 1.70 bits per heavy atom. The van der Waals surface area contributed by atoms with Crippen molar-refractivity contribution in [2.75, 3.05) is 10.4 Å². The molecule has 0 saturated carbocycles. The lowest BCUT2D eigenvalue weighted by atomic mass is 10.2. The van der Waals surface area contributed by atoms with E-state index >= 15 is 0 Å². The molecule has 0 unspecified atom stereocenters. The minimum absolute atomic E-state index is 0.00515. The highest BCUT2D eigenvalue weighted by Crippen LogP contribution is 2.18. The van der Waals surface area contributed by atoms with E-state index in [2.05, 4.69) is 10.4 Å². The van der Waals surface area contributed by atoms with E-state index < -0.39 is 11.8 Å². The fourth-order valence-electron chi connectivity index (χ4n) is 3.04. The van der Waals surface area contributed by atoms with Gasteiger partial charge in [0.15, 0.2) is 5.82 Å². The summed E-state index contributed by atoms with van der Waals surface area (Å²) in [4.78, 5) is 36.5. The van der Waals surface area contributed by atoms with Gasteiger partial charge in [-0.05, 0) is 54.6 Å². The first-order chi connectivity index (χ1) is 15.9. The smallest absolute Gasteiger partial charge is 0.276 e. The number of nitrogens with zero attached hydrogens (tertiary/aromatic N) is 4. The number of nitrogens with one attached hydrogen (secondary N) is 1. The average Bonchev–Trinajstić information content (AvgIpc) is 3.26. The number of carbonyl (C=O) groups excluding carboxylic acids is 2. The van der Waals surface area contributed by atoms with Crippen LogP contribution in [0, 0.1) is 0 Å². The number of benzene rings is 2. The molecule has 2 aromatic carbocycles. The molecule has 33 heavy (non-hydrogen) atoms. The Bertz CT molecular complexity index is 1350. The predicted octanol–water partition coefficient (Wildman–Crippen LogP) is 3.86. The summed E-state index contributed by atoms with van der Waals surface area (Å²) in [6, 6.07) is 18.4. The molecule has 10 heteroatoms. The summed E-state index contributed by atoms with van der Waals surface area (Å²) in [7, 11) is 0. The maximum atomic E-state index is 14.6. The molecule has 1 N–H and O–H groups in total. The van der Waals surface area contributed by atoms with Gasteiger partial charge in [-0.1, -0.05) is 22.1 Å². The van der Waals surface area contributed by atoms with Gasteiger partial charge < -0.3 is 5.32 Å². The summed E-state index contributed by atoms with van der Waals surface area (Å²) in [6.45, 7) is -0.382. The van der Waals surface area contributed by atoms with Crippen molar-refractivity contribution in [3.05, 3.63) is 106 Å². The molecule has 0 aliphatic heterocycles. The van der Waals surface area contributed by atoms with Gasteiger partial charge in [-0.15, -0.1) is 5.12 Å². The number of carbonyl (C=O) groups is 2. The van der Waals surface area contributed by atoms with Gasteiger partial charge in [-0.25, -0.2) is 0 Å². The highest BCUT2D eigenvalue weighted by atomic mass is 35.5. The molecule has 0 radical (unpaired) electrons. The fourth-order valence-corrected chi connectivity index (χ4v) is 3.16. The van der Waals surface area contributed by atoms with Crippen LogP contribution in [0.5, 0.6) is 0 Å². The first-order valence-corrected chi connectivity index (χ1v) is 10.2. The molecular formula is C23H17ClFN5O3. The van der Waals surface area contributed by atoms with E-state index in [1.165, 1.54) is 51.8 Å². The molecular weight excluding hydrogens is 449 g/mol. The molecule has 2 aromatic heterocycles. The molecule has 4 rings (SSSR count). The molecule has 4 aromatic rings. The highest BCUT2D eigenvalue weighted by molar-refractivity contribution is 6.30. The normalized spacial score (nSPS) is 10.6. The lowest BCUT2D eigenvalue weighted by molar-refractivity contribution is -0.122. The summed E-state index contributed by atoms with van der Waals surface area (Å²) in [5.74, 6) is -1.04. The molecule has 0 spiro atoms. The van der Waals surface area contributed by atoms with Gasteiger partial charge >= 0.3 is 0 Å². The van der Waals surface area contributed by atoms with Crippen molar-refractivity contribution in [2.45, 2.75) is 6.54 Å². The highest BCUT2D eigenvalue weighted by Gasteiger charge is 2.17. The van der Waals surface area contributed by atoms with Crippen LogP contribution in [0.3, 0.4) is 0 Å². The zero-order valence-electron chi connectivity index (χ0n) is 17.1. The van der Waals surface area contributed by atoms with E-state index in [-0.39, 0.29) is 28.7 Å². The Kier molecular flexibility index (Phi) is 6.32. The van der Waals surface area contributed by atoms with Crippen LogP contribution < -0.4 is 16.0 Å². The van der Waals surface area contributed by atoms with Gasteiger partial charge in [-0.2, -0.15) is 5.10 Å². The second-order valence-corrected chi connectivity index (χ2v) is 7.40. The number of pyridine rings is 1. The first kappa shape index (κ1) is 22.0. The van der Waals surface area contributed by atoms with Crippen molar-refractivity contribution in [1.29, 1.82) is 0 Å². The van der Waals surface area contributed by atoms with Crippen molar-refractivity contribution in [2.24, 2.45) is 0 Å². The lowest BCUT2D eigenvalue weighted by Crippen LogP contribution is -2.27. The van der Waals surface area contributed by atoms with Crippen LogP contribution in [0.4, 0.5) is 16.0 Å². The van der Waals surface area contributed by atoms with Crippen LogP contribution >= 0.6 is 11.6 Å². The number of halogens is 2. The quantitative estimate of drug-likeness (QED) is 0.438. The molecule has 166 valence electrons. The molecule has 0 aliphatic carbocycles. The van der Waals surface area contributed by atoms with Crippen LogP contribution in [0.25, 0.3) is 5.69 Å². The minimum Gasteiger partial charge on any atom is -0.305 e. The zero-order valence-corrected chi connectivity index (χ0v) is 17.8. The Morgan fingerprint density at radius 3 is 2.39 bits per heavy atom. The summed E-state index contributed by atoms with van der Waals surface area (Å²) >= 11 is 5.81. The molecule has 0 saturated heterocycles. The summed E-state index contributed by atoms with van der Waals surface area (Å²) in [5.41, 5.74) is 0.715. The minimum atomic E-state index is -0.863. The standard InChI is InChI=1S/C23H17ClFN5O3/c24-17-6-4-16(5-7-17)23(33)26-20-12-14-28(27-20)15-22(32)30(25)19-10-8-18(9-11-19)29-13-2-1-3-21(29)31/h1-14H,15H2,(H,26,27,33). The van der Waals surface area contributed by atoms with Gasteiger partial charge in [0.05, 0.1) is 5.69 Å². The molecule has 8 nitrogen and oxygen atoms in total. The van der Waals surface area contributed by atoms with Crippen LogP contribution in [0.1, 0.15) is 10.4 Å². The van der Waals surface area contributed by atoms with Gasteiger partial charge in [0.2, 0.25) is 0 Å². The van der Waals surface area contributed by atoms with Crippen molar-refractivity contribution < 1.29 is 14.1 Å². The largest absolute Gasteiger partial charge is 0.305 e. The second-order valence-electron chi connectivity index (χ2n) is 6.96. The maximum Gasteiger partial charge on any atom is 0.276 e. The van der Waals surface area contributed by atoms with Crippen molar-refractivity contribution >= 4 is 34.9 Å².